The minimum atomic E-state index is 0.821. The van der Waals surface area contributed by atoms with E-state index >= 15 is 0 Å². The van der Waals surface area contributed by atoms with Crippen LogP contribution in [0.15, 0.2) is 12.4 Å². The molecule has 17 heavy (non-hydrogen) atoms. The fraction of sp³-hybridized carbons (Fsp3) is 0.455. The molecule has 2 heterocycles. The highest BCUT2D eigenvalue weighted by atomic mass is 127. The molecule has 0 amide bonds. The Balaban J connectivity index is 2.44. The Hall–Kier alpha value is -0.890. The van der Waals surface area contributed by atoms with Gasteiger partial charge in [-0.05, 0) is 36.1 Å². The average molecular weight is 345 g/mol. The SMILES string of the molecule is CCNCc1c(C)nn(C)c1-n1cc(I)cn1. The van der Waals surface area contributed by atoms with Gasteiger partial charge in [0.05, 0.1) is 15.5 Å². The number of aryl methyl sites for hydroxylation is 2. The van der Waals surface area contributed by atoms with E-state index in [0.29, 0.717) is 0 Å². The zero-order valence-electron chi connectivity index (χ0n) is 10.2. The maximum atomic E-state index is 4.46. The largest absolute Gasteiger partial charge is 0.313 e. The summed E-state index contributed by atoms with van der Waals surface area (Å²) in [5.74, 6) is 1.03. The van der Waals surface area contributed by atoms with Crippen LogP contribution in [0.2, 0.25) is 0 Å². The highest BCUT2D eigenvalue weighted by molar-refractivity contribution is 14.1. The number of rotatable bonds is 4. The molecule has 5 nitrogen and oxygen atoms in total. The van der Waals surface area contributed by atoms with Crippen LogP contribution in [0.3, 0.4) is 0 Å². The summed E-state index contributed by atoms with van der Waals surface area (Å²) in [5, 5.41) is 12.2. The van der Waals surface area contributed by atoms with Gasteiger partial charge in [-0.15, -0.1) is 0 Å². The molecule has 6 heteroatoms. The molecule has 0 aliphatic rings. The Morgan fingerprint density at radius 1 is 1.47 bits per heavy atom. The molecule has 2 aromatic heterocycles. The van der Waals surface area contributed by atoms with Crippen LogP contribution in [0.4, 0.5) is 0 Å². The molecule has 92 valence electrons. The Morgan fingerprint density at radius 3 is 2.82 bits per heavy atom. The maximum Gasteiger partial charge on any atom is 0.156 e. The summed E-state index contributed by atoms with van der Waals surface area (Å²) in [7, 11) is 1.95. The van der Waals surface area contributed by atoms with Crippen molar-refractivity contribution in [2.45, 2.75) is 20.4 Å². The van der Waals surface area contributed by atoms with Gasteiger partial charge in [0, 0.05) is 25.4 Å². The molecular weight excluding hydrogens is 329 g/mol. The molecule has 0 spiro atoms. The molecule has 0 bridgehead atoms. The van der Waals surface area contributed by atoms with Crippen molar-refractivity contribution in [2.24, 2.45) is 7.05 Å². The summed E-state index contributed by atoms with van der Waals surface area (Å²) in [6.45, 7) is 5.90. The highest BCUT2D eigenvalue weighted by Crippen LogP contribution is 2.18. The fourth-order valence-corrected chi connectivity index (χ4v) is 2.24. The molecule has 0 saturated carbocycles. The predicted molar refractivity (Wildman–Crippen MR) is 75.2 cm³/mol. The molecule has 0 fully saturated rings. The monoisotopic (exact) mass is 345 g/mol. The lowest BCUT2D eigenvalue weighted by Crippen LogP contribution is -2.15. The number of nitrogens with one attached hydrogen (secondary N) is 1. The van der Waals surface area contributed by atoms with Gasteiger partial charge in [0.1, 0.15) is 0 Å². The topological polar surface area (TPSA) is 47.7 Å². The summed E-state index contributed by atoms with van der Waals surface area (Å²) in [5.41, 5.74) is 2.25. The minimum absolute atomic E-state index is 0.821. The van der Waals surface area contributed by atoms with Crippen molar-refractivity contribution in [3.05, 3.63) is 27.2 Å². The zero-order valence-corrected chi connectivity index (χ0v) is 12.4. The smallest absolute Gasteiger partial charge is 0.156 e. The maximum absolute atomic E-state index is 4.46. The summed E-state index contributed by atoms with van der Waals surface area (Å²) in [4.78, 5) is 0. The molecule has 0 atom stereocenters. The number of nitrogens with zero attached hydrogens (tertiary/aromatic N) is 4. The number of hydrogen-bond donors (Lipinski definition) is 1. The van der Waals surface area contributed by atoms with Crippen LogP contribution in [-0.2, 0) is 13.6 Å². The average Bonchev–Trinajstić information content (AvgIpc) is 2.80. The first-order valence-corrected chi connectivity index (χ1v) is 6.65. The van der Waals surface area contributed by atoms with Crippen LogP contribution in [0.1, 0.15) is 18.2 Å². The van der Waals surface area contributed by atoms with Crippen LogP contribution in [0.25, 0.3) is 5.82 Å². The van der Waals surface area contributed by atoms with Crippen LogP contribution in [-0.4, -0.2) is 26.1 Å². The predicted octanol–water partition coefficient (Wildman–Crippen LogP) is 1.63. The minimum Gasteiger partial charge on any atom is -0.313 e. The van der Waals surface area contributed by atoms with Crippen LogP contribution in [0, 0.1) is 10.5 Å². The molecule has 2 aromatic rings. The van der Waals surface area contributed by atoms with Crippen LogP contribution >= 0.6 is 22.6 Å². The second-order valence-electron chi connectivity index (χ2n) is 3.89. The van der Waals surface area contributed by atoms with Crippen molar-refractivity contribution in [2.75, 3.05) is 6.54 Å². The fourth-order valence-electron chi connectivity index (χ4n) is 1.85. The van der Waals surface area contributed by atoms with Gasteiger partial charge in [-0.1, -0.05) is 6.92 Å². The molecule has 0 unspecified atom stereocenters. The van der Waals surface area contributed by atoms with Crippen molar-refractivity contribution in [3.63, 3.8) is 0 Å². The van der Waals surface area contributed by atoms with Crippen LogP contribution in [0.5, 0.6) is 0 Å². The van der Waals surface area contributed by atoms with Gasteiger partial charge in [-0.3, -0.25) is 4.68 Å². The Labute approximate surface area is 114 Å². The van der Waals surface area contributed by atoms with Gasteiger partial charge < -0.3 is 5.32 Å². The van der Waals surface area contributed by atoms with Gasteiger partial charge >= 0.3 is 0 Å². The molecule has 1 N–H and O–H groups in total. The first-order chi connectivity index (χ1) is 8.13. The quantitative estimate of drug-likeness (QED) is 0.857. The Kier molecular flexibility index (Phi) is 3.82. The summed E-state index contributed by atoms with van der Waals surface area (Å²) >= 11 is 2.26. The van der Waals surface area contributed by atoms with Crippen molar-refractivity contribution in [3.8, 4) is 5.82 Å². The highest BCUT2D eigenvalue weighted by Gasteiger charge is 2.15. The normalized spacial score (nSPS) is 11.1. The Morgan fingerprint density at radius 2 is 2.24 bits per heavy atom. The van der Waals surface area contributed by atoms with Gasteiger partial charge in [-0.25, -0.2) is 4.68 Å². The summed E-state index contributed by atoms with van der Waals surface area (Å²) in [6, 6.07) is 0. The first-order valence-electron chi connectivity index (χ1n) is 5.57. The van der Waals surface area contributed by atoms with Gasteiger partial charge in [0.2, 0.25) is 0 Å². The summed E-state index contributed by atoms with van der Waals surface area (Å²) in [6.07, 6.45) is 3.85. The van der Waals surface area contributed by atoms with E-state index in [9.17, 15) is 0 Å². The third kappa shape index (κ3) is 2.52. The van der Waals surface area contributed by atoms with Gasteiger partial charge in [0.25, 0.3) is 0 Å². The third-order valence-corrected chi connectivity index (χ3v) is 3.19. The standard InChI is InChI=1S/C11H16IN5/c1-4-13-6-10-8(2)15-16(3)11(10)17-7-9(12)5-14-17/h5,7,13H,4,6H2,1-3H3. The van der Waals surface area contributed by atoms with Crippen molar-refractivity contribution in [1.29, 1.82) is 0 Å². The second kappa shape index (κ2) is 5.18. The van der Waals surface area contributed by atoms with Crippen molar-refractivity contribution in [1.82, 2.24) is 24.9 Å². The molecule has 0 aliphatic carbocycles. The van der Waals surface area contributed by atoms with E-state index in [1.807, 2.05) is 35.7 Å². The lowest BCUT2D eigenvalue weighted by atomic mass is 10.2. The first kappa shape index (κ1) is 12.6. The van der Waals surface area contributed by atoms with E-state index < -0.39 is 0 Å². The third-order valence-electron chi connectivity index (χ3n) is 2.63. The van der Waals surface area contributed by atoms with E-state index in [1.54, 1.807) is 0 Å². The molecule has 0 aliphatic heterocycles. The van der Waals surface area contributed by atoms with Crippen molar-refractivity contribution >= 4 is 22.6 Å². The van der Waals surface area contributed by atoms with Gasteiger partial charge in [0.15, 0.2) is 5.82 Å². The van der Waals surface area contributed by atoms with E-state index in [1.165, 1.54) is 5.56 Å². The lowest BCUT2D eigenvalue weighted by Gasteiger charge is -2.06. The molecule has 0 radical (unpaired) electrons. The van der Waals surface area contributed by atoms with Crippen LogP contribution < -0.4 is 5.32 Å². The van der Waals surface area contributed by atoms with E-state index in [0.717, 1.165) is 28.2 Å². The van der Waals surface area contributed by atoms with E-state index in [4.69, 9.17) is 0 Å². The molecule has 2 rings (SSSR count). The lowest BCUT2D eigenvalue weighted by molar-refractivity contribution is 0.680. The molecular formula is C11H16IN5. The molecule has 0 aromatic carbocycles. The molecule has 0 saturated heterocycles. The zero-order chi connectivity index (χ0) is 12.4. The number of hydrogen-bond acceptors (Lipinski definition) is 3. The number of halogens is 1. The van der Waals surface area contributed by atoms with E-state index in [2.05, 4.69) is 45.0 Å². The van der Waals surface area contributed by atoms with Crippen molar-refractivity contribution < 1.29 is 0 Å². The Bertz CT molecular complexity index is 514. The van der Waals surface area contributed by atoms with E-state index in [-0.39, 0.29) is 0 Å². The second-order valence-corrected chi connectivity index (χ2v) is 5.14. The van der Waals surface area contributed by atoms with Gasteiger partial charge in [-0.2, -0.15) is 10.2 Å². The number of aromatic nitrogens is 4. The summed E-state index contributed by atoms with van der Waals surface area (Å²) < 4.78 is 4.88.